The van der Waals surface area contributed by atoms with E-state index in [0.29, 0.717) is 19.3 Å². The van der Waals surface area contributed by atoms with Crippen LogP contribution in [0.3, 0.4) is 0 Å². The molecule has 0 fully saturated rings. The van der Waals surface area contributed by atoms with Gasteiger partial charge in [0.1, 0.15) is 6.61 Å². The van der Waals surface area contributed by atoms with Crippen molar-refractivity contribution < 1.29 is 38.2 Å². The topological polar surface area (TPSA) is 99.1 Å². The summed E-state index contributed by atoms with van der Waals surface area (Å²) in [6, 6.07) is -0.628. The van der Waals surface area contributed by atoms with Crippen LogP contribution in [-0.4, -0.2) is 80.6 Å². The highest BCUT2D eigenvalue weighted by Gasteiger charge is 2.31. The van der Waals surface area contributed by atoms with E-state index < -0.39 is 18.1 Å². The van der Waals surface area contributed by atoms with E-state index in [1.54, 1.807) is 0 Å². The number of carbonyl (C=O) groups excluding carboxylic acids is 2. The summed E-state index contributed by atoms with van der Waals surface area (Å²) in [7, 11) is 5.50. The lowest BCUT2D eigenvalue weighted by molar-refractivity contribution is -0.887. The first-order valence-electron chi connectivity index (χ1n) is 22.4. The van der Waals surface area contributed by atoms with Crippen LogP contribution in [0.1, 0.15) is 174 Å². The van der Waals surface area contributed by atoms with E-state index in [1.807, 2.05) is 75.8 Å². The smallest absolute Gasteiger partial charge is 0.362 e. The molecule has 0 aliphatic carbocycles. The van der Waals surface area contributed by atoms with Gasteiger partial charge < -0.3 is 23.8 Å². The quantitative estimate of drug-likeness (QED) is 0.0287. The zero-order valence-electron chi connectivity index (χ0n) is 36.6. The van der Waals surface area contributed by atoms with Crippen molar-refractivity contribution in [3.8, 4) is 0 Å². The summed E-state index contributed by atoms with van der Waals surface area (Å²) in [6.07, 6.45) is 47.1. The molecule has 0 saturated carbocycles. The first-order chi connectivity index (χ1) is 27.1. The number of likely N-dealkylation sites (N-methyl/N-ethyl adjacent to an activating group) is 1. The number of nitrogens with zero attached hydrogens (tertiary/aromatic N) is 1. The molecule has 8 nitrogen and oxygen atoms in total. The van der Waals surface area contributed by atoms with Crippen LogP contribution in [0.25, 0.3) is 0 Å². The Morgan fingerprint density at radius 3 is 1.46 bits per heavy atom. The number of ether oxygens (including phenoxy) is 3. The molecule has 1 N–H and O–H groups in total. The maximum atomic E-state index is 12.7. The zero-order valence-corrected chi connectivity index (χ0v) is 36.6. The van der Waals surface area contributed by atoms with Crippen molar-refractivity contribution >= 4 is 17.9 Å². The number of carboxylic acids is 1. The van der Waals surface area contributed by atoms with Crippen molar-refractivity contribution in [2.45, 2.75) is 187 Å². The summed E-state index contributed by atoms with van der Waals surface area (Å²) < 4.78 is 17.2. The second-order valence-corrected chi connectivity index (χ2v) is 16.1. The standard InChI is InChI=1S/C48H83NO7/c1-6-8-10-12-14-16-18-20-21-22-23-24-25-27-28-30-32-34-36-38-46(50)55-43-44(42-54-41-40-45(48(52)53)49(3,4)5)56-47(51)39-37-35-33-31-29-26-19-17-15-13-11-9-7-2/h9,11,13,15,17,19,26,29,31,33,44-45H,6-8,10,12,14,16,18,20-25,27-28,30,32,34-43H2,1-5H3/p+1/b11-9+,15-13+,19-17+,29-26+,33-31+. The van der Waals surface area contributed by atoms with Crippen molar-refractivity contribution in [3.63, 3.8) is 0 Å². The van der Waals surface area contributed by atoms with Crippen molar-refractivity contribution in [2.24, 2.45) is 0 Å². The van der Waals surface area contributed by atoms with Crippen LogP contribution in [0.2, 0.25) is 0 Å². The number of unbranched alkanes of at least 4 members (excludes halogenated alkanes) is 19. The zero-order chi connectivity index (χ0) is 41.4. The predicted octanol–water partition coefficient (Wildman–Crippen LogP) is 12.2. The third-order valence-electron chi connectivity index (χ3n) is 9.81. The Kier molecular flexibility index (Phi) is 36.8. The van der Waals surface area contributed by atoms with Crippen LogP contribution >= 0.6 is 0 Å². The lowest BCUT2D eigenvalue weighted by Crippen LogP contribution is -2.50. The average Bonchev–Trinajstić information content (AvgIpc) is 3.15. The molecule has 2 atom stereocenters. The molecule has 322 valence electrons. The molecule has 0 radical (unpaired) electrons. The van der Waals surface area contributed by atoms with Gasteiger partial charge in [-0.05, 0) is 25.7 Å². The van der Waals surface area contributed by atoms with Gasteiger partial charge in [0.25, 0.3) is 0 Å². The van der Waals surface area contributed by atoms with E-state index in [2.05, 4.69) is 19.9 Å². The largest absolute Gasteiger partial charge is 0.477 e. The molecule has 0 aromatic rings. The fourth-order valence-electron chi connectivity index (χ4n) is 6.36. The van der Waals surface area contributed by atoms with E-state index in [1.165, 1.54) is 103 Å². The molecule has 0 bridgehead atoms. The molecule has 0 aliphatic heterocycles. The fraction of sp³-hybridized carbons (Fsp3) is 0.729. The average molecular weight is 787 g/mol. The number of aliphatic carboxylic acids is 1. The maximum Gasteiger partial charge on any atom is 0.362 e. The summed E-state index contributed by atoms with van der Waals surface area (Å²) in [5, 5.41) is 9.61. The highest BCUT2D eigenvalue weighted by Crippen LogP contribution is 2.15. The minimum atomic E-state index is -0.888. The molecule has 0 rings (SSSR count). The summed E-state index contributed by atoms with van der Waals surface area (Å²) in [6.45, 7) is 4.52. The van der Waals surface area contributed by atoms with Gasteiger partial charge in [-0.1, -0.05) is 190 Å². The molecule has 0 amide bonds. The minimum Gasteiger partial charge on any atom is -0.477 e. The summed E-state index contributed by atoms with van der Waals surface area (Å²) in [5.41, 5.74) is 0. The maximum absolute atomic E-state index is 12.7. The van der Waals surface area contributed by atoms with Gasteiger partial charge in [0.05, 0.1) is 34.4 Å². The van der Waals surface area contributed by atoms with Gasteiger partial charge in [0.2, 0.25) is 0 Å². The van der Waals surface area contributed by atoms with Crippen LogP contribution in [-0.2, 0) is 28.6 Å². The van der Waals surface area contributed by atoms with Gasteiger partial charge in [-0.15, -0.1) is 0 Å². The molecular formula is C48H84NO7+. The molecular weight excluding hydrogens is 703 g/mol. The monoisotopic (exact) mass is 787 g/mol. The van der Waals surface area contributed by atoms with Gasteiger partial charge in [-0.2, -0.15) is 0 Å². The molecule has 0 aromatic heterocycles. The molecule has 0 heterocycles. The second kappa shape index (κ2) is 38.9. The second-order valence-electron chi connectivity index (χ2n) is 16.1. The number of hydrogen-bond donors (Lipinski definition) is 1. The van der Waals surface area contributed by atoms with Gasteiger partial charge in [0.15, 0.2) is 12.1 Å². The van der Waals surface area contributed by atoms with Crippen LogP contribution in [0, 0.1) is 0 Å². The Bertz CT molecular complexity index is 1100. The van der Waals surface area contributed by atoms with Crippen LogP contribution in [0.5, 0.6) is 0 Å². The summed E-state index contributed by atoms with van der Waals surface area (Å²) in [4.78, 5) is 36.9. The van der Waals surface area contributed by atoms with E-state index >= 15 is 0 Å². The number of esters is 2. The molecule has 0 aromatic carbocycles. The predicted molar refractivity (Wildman–Crippen MR) is 234 cm³/mol. The molecule has 0 saturated heterocycles. The summed E-state index contributed by atoms with van der Waals surface area (Å²) >= 11 is 0. The van der Waals surface area contributed by atoms with E-state index in [-0.39, 0.29) is 42.7 Å². The van der Waals surface area contributed by atoms with E-state index in [4.69, 9.17) is 14.2 Å². The van der Waals surface area contributed by atoms with Crippen LogP contribution in [0.4, 0.5) is 0 Å². The van der Waals surface area contributed by atoms with Gasteiger partial charge >= 0.3 is 17.9 Å². The van der Waals surface area contributed by atoms with Crippen molar-refractivity contribution in [1.82, 2.24) is 0 Å². The van der Waals surface area contributed by atoms with Crippen LogP contribution < -0.4 is 0 Å². The highest BCUT2D eigenvalue weighted by atomic mass is 16.6. The number of hydrogen-bond acceptors (Lipinski definition) is 6. The number of carbonyl (C=O) groups is 3. The van der Waals surface area contributed by atoms with E-state index in [0.717, 1.165) is 32.1 Å². The Hall–Kier alpha value is -2.97. The number of rotatable bonds is 39. The Balaban J connectivity index is 4.36. The fourth-order valence-corrected chi connectivity index (χ4v) is 6.36. The van der Waals surface area contributed by atoms with Crippen molar-refractivity contribution in [1.29, 1.82) is 0 Å². The minimum absolute atomic E-state index is 0.0318. The Morgan fingerprint density at radius 2 is 1.00 bits per heavy atom. The molecule has 56 heavy (non-hydrogen) atoms. The van der Waals surface area contributed by atoms with Crippen LogP contribution in [0.15, 0.2) is 60.8 Å². The third kappa shape index (κ3) is 36.7. The molecule has 0 aliphatic rings. The van der Waals surface area contributed by atoms with Crippen molar-refractivity contribution in [2.75, 3.05) is 41.0 Å². The highest BCUT2D eigenvalue weighted by molar-refractivity contribution is 5.72. The Morgan fingerprint density at radius 1 is 0.554 bits per heavy atom. The van der Waals surface area contributed by atoms with E-state index in [9.17, 15) is 19.5 Å². The van der Waals surface area contributed by atoms with Gasteiger partial charge in [0, 0.05) is 19.3 Å². The first kappa shape index (κ1) is 53.0. The molecule has 2 unspecified atom stereocenters. The van der Waals surface area contributed by atoms with Gasteiger partial charge in [-0.3, -0.25) is 9.59 Å². The third-order valence-corrected chi connectivity index (χ3v) is 9.81. The number of carboxylic acid groups (broad SMARTS) is 1. The first-order valence-corrected chi connectivity index (χ1v) is 22.4. The molecule has 0 spiro atoms. The lowest BCUT2D eigenvalue weighted by Gasteiger charge is -2.31. The Labute approximate surface area is 343 Å². The SMILES string of the molecule is CC/C=C/C=C/C=C/C=C/C=C/CCCC(=O)OC(COCCC(C(=O)O)[N+](C)(C)C)COC(=O)CCCCCCCCCCCCCCCCCCCCC. The lowest BCUT2D eigenvalue weighted by atomic mass is 10.0. The van der Waals surface area contributed by atoms with Gasteiger partial charge in [-0.25, -0.2) is 4.79 Å². The summed E-state index contributed by atoms with van der Waals surface area (Å²) in [5.74, 6) is -1.56. The number of allylic oxidation sites excluding steroid dienone is 10. The normalized spacial score (nSPS) is 13.5. The van der Waals surface area contributed by atoms with Crippen molar-refractivity contribution in [3.05, 3.63) is 60.8 Å². The number of quaternary nitrogens is 1. The molecule has 8 heteroatoms.